The Hall–Kier alpha value is -2.19. The zero-order valence-corrected chi connectivity index (χ0v) is 13.2. The minimum atomic E-state index is -4.49. The van der Waals surface area contributed by atoms with Crippen LogP contribution < -0.4 is 4.90 Å². The lowest BCUT2D eigenvalue weighted by Crippen LogP contribution is -2.30. The van der Waals surface area contributed by atoms with E-state index in [0.29, 0.717) is 19.6 Å². The van der Waals surface area contributed by atoms with Gasteiger partial charge in [0.15, 0.2) is 0 Å². The molecule has 2 heterocycles. The van der Waals surface area contributed by atoms with Crippen molar-refractivity contribution in [2.75, 3.05) is 11.4 Å². The summed E-state index contributed by atoms with van der Waals surface area (Å²) in [5, 5.41) is 7.78. The predicted molar refractivity (Wildman–Crippen MR) is 78.6 cm³/mol. The SMILES string of the molecule is CCn1nncc1CN(CC(C)C)c1nccc(C(F)(F)F)n1. The first-order chi connectivity index (χ1) is 10.8. The normalized spacial score (nSPS) is 12.0. The molecule has 0 spiro atoms. The summed E-state index contributed by atoms with van der Waals surface area (Å²) >= 11 is 0. The Bertz CT molecular complexity index is 637. The van der Waals surface area contributed by atoms with E-state index in [1.807, 2.05) is 20.8 Å². The fourth-order valence-electron chi connectivity index (χ4n) is 2.18. The fraction of sp³-hybridized carbons (Fsp3) is 0.571. The van der Waals surface area contributed by atoms with Gasteiger partial charge in [0.2, 0.25) is 5.95 Å². The van der Waals surface area contributed by atoms with Crippen LogP contribution >= 0.6 is 0 Å². The number of hydrogen-bond donors (Lipinski definition) is 0. The molecule has 0 fully saturated rings. The van der Waals surface area contributed by atoms with E-state index in [9.17, 15) is 13.2 Å². The molecule has 126 valence electrons. The number of halogens is 3. The smallest absolute Gasteiger partial charge is 0.335 e. The van der Waals surface area contributed by atoms with Crippen LogP contribution in [0.25, 0.3) is 0 Å². The van der Waals surface area contributed by atoms with Gasteiger partial charge in [-0.05, 0) is 18.9 Å². The molecular weight excluding hydrogens is 309 g/mol. The summed E-state index contributed by atoms with van der Waals surface area (Å²) in [6.07, 6.45) is -1.76. The Morgan fingerprint density at radius 3 is 2.65 bits per heavy atom. The summed E-state index contributed by atoms with van der Waals surface area (Å²) in [4.78, 5) is 9.39. The zero-order chi connectivity index (χ0) is 17.0. The van der Waals surface area contributed by atoms with Gasteiger partial charge < -0.3 is 4.90 Å². The molecule has 0 aliphatic heterocycles. The van der Waals surface area contributed by atoms with Gasteiger partial charge in [-0.15, -0.1) is 5.10 Å². The summed E-state index contributed by atoms with van der Waals surface area (Å²) in [5.41, 5.74) is -0.146. The highest BCUT2D eigenvalue weighted by atomic mass is 19.4. The largest absolute Gasteiger partial charge is 0.433 e. The van der Waals surface area contributed by atoms with Gasteiger partial charge in [0.05, 0.1) is 18.4 Å². The Kier molecular flexibility index (Phi) is 5.17. The second-order valence-electron chi connectivity index (χ2n) is 5.56. The molecule has 0 bridgehead atoms. The minimum Gasteiger partial charge on any atom is -0.335 e. The topological polar surface area (TPSA) is 59.7 Å². The molecule has 9 heteroatoms. The Morgan fingerprint density at radius 2 is 2.04 bits per heavy atom. The maximum absolute atomic E-state index is 12.9. The van der Waals surface area contributed by atoms with E-state index < -0.39 is 11.9 Å². The maximum atomic E-state index is 12.9. The predicted octanol–water partition coefficient (Wildman–Crippen LogP) is 2.77. The first-order valence-corrected chi connectivity index (χ1v) is 7.33. The van der Waals surface area contributed by atoms with Crippen molar-refractivity contribution in [1.82, 2.24) is 25.0 Å². The van der Waals surface area contributed by atoms with Gasteiger partial charge in [-0.25, -0.2) is 14.6 Å². The van der Waals surface area contributed by atoms with Gasteiger partial charge in [0.1, 0.15) is 5.69 Å². The zero-order valence-electron chi connectivity index (χ0n) is 13.2. The third-order valence-corrected chi connectivity index (χ3v) is 3.15. The van der Waals surface area contributed by atoms with Crippen LogP contribution in [0.2, 0.25) is 0 Å². The van der Waals surface area contributed by atoms with Crippen LogP contribution in [0.15, 0.2) is 18.5 Å². The van der Waals surface area contributed by atoms with Crippen molar-refractivity contribution in [3.63, 3.8) is 0 Å². The number of alkyl halides is 3. The lowest BCUT2D eigenvalue weighted by Gasteiger charge is -2.25. The molecule has 0 aromatic carbocycles. The molecule has 2 rings (SSSR count). The summed E-state index contributed by atoms with van der Waals surface area (Å²) in [5.74, 6) is 0.288. The Morgan fingerprint density at radius 1 is 1.30 bits per heavy atom. The van der Waals surface area contributed by atoms with E-state index in [1.54, 1.807) is 15.8 Å². The second-order valence-corrected chi connectivity index (χ2v) is 5.56. The van der Waals surface area contributed by atoms with Crippen molar-refractivity contribution in [2.45, 2.75) is 40.0 Å². The van der Waals surface area contributed by atoms with Crippen molar-refractivity contribution in [2.24, 2.45) is 5.92 Å². The highest BCUT2D eigenvalue weighted by Gasteiger charge is 2.33. The van der Waals surface area contributed by atoms with Crippen LogP contribution in [0.4, 0.5) is 19.1 Å². The molecule has 0 unspecified atom stereocenters. The fourth-order valence-corrected chi connectivity index (χ4v) is 2.18. The monoisotopic (exact) mass is 328 g/mol. The quantitative estimate of drug-likeness (QED) is 0.816. The Balaban J connectivity index is 2.31. The van der Waals surface area contributed by atoms with Gasteiger partial charge in [-0.3, -0.25) is 0 Å². The molecule has 6 nitrogen and oxygen atoms in total. The third kappa shape index (κ3) is 4.40. The lowest BCUT2D eigenvalue weighted by atomic mass is 10.2. The average molecular weight is 328 g/mol. The van der Waals surface area contributed by atoms with Gasteiger partial charge in [-0.2, -0.15) is 13.2 Å². The number of rotatable bonds is 6. The maximum Gasteiger partial charge on any atom is 0.433 e. The number of anilines is 1. The van der Waals surface area contributed by atoms with E-state index in [0.717, 1.165) is 18.0 Å². The summed E-state index contributed by atoms with van der Waals surface area (Å²) in [6.45, 7) is 7.39. The van der Waals surface area contributed by atoms with E-state index in [-0.39, 0.29) is 11.9 Å². The van der Waals surface area contributed by atoms with E-state index >= 15 is 0 Å². The molecule has 2 aromatic heterocycles. The van der Waals surface area contributed by atoms with E-state index in [2.05, 4.69) is 20.3 Å². The van der Waals surface area contributed by atoms with Crippen LogP contribution in [0.1, 0.15) is 32.2 Å². The van der Waals surface area contributed by atoms with Crippen LogP contribution in [-0.2, 0) is 19.3 Å². The molecule has 0 N–H and O–H groups in total. The highest BCUT2D eigenvalue weighted by molar-refractivity contribution is 5.32. The van der Waals surface area contributed by atoms with Crippen molar-refractivity contribution < 1.29 is 13.2 Å². The number of aromatic nitrogens is 5. The molecule has 0 saturated heterocycles. The van der Waals surface area contributed by atoms with Gasteiger partial charge >= 0.3 is 6.18 Å². The number of aryl methyl sites for hydroxylation is 1. The van der Waals surface area contributed by atoms with E-state index in [4.69, 9.17) is 0 Å². The standard InChI is InChI=1S/C14H19F3N6/c1-4-23-11(7-19-21-23)9-22(8-10(2)3)13-18-6-5-12(20-13)14(15,16)17/h5-7,10H,4,8-9H2,1-3H3. The van der Waals surface area contributed by atoms with Crippen LogP contribution in [0.3, 0.4) is 0 Å². The summed E-state index contributed by atoms with van der Waals surface area (Å²) in [6, 6.07) is 0.870. The third-order valence-electron chi connectivity index (χ3n) is 3.15. The number of hydrogen-bond acceptors (Lipinski definition) is 5. The molecule has 0 aliphatic carbocycles. The first kappa shape index (κ1) is 17.2. The van der Waals surface area contributed by atoms with Crippen molar-refractivity contribution in [3.8, 4) is 0 Å². The molecular formula is C14H19F3N6. The molecule has 0 atom stereocenters. The number of nitrogens with zero attached hydrogens (tertiary/aromatic N) is 6. The van der Waals surface area contributed by atoms with Gasteiger partial charge in [0, 0.05) is 19.3 Å². The molecule has 23 heavy (non-hydrogen) atoms. The lowest BCUT2D eigenvalue weighted by molar-refractivity contribution is -0.141. The Labute approximate surface area is 132 Å². The minimum absolute atomic E-state index is 0.0531. The van der Waals surface area contributed by atoms with Crippen molar-refractivity contribution >= 4 is 5.95 Å². The van der Waals surface area contributed by atoms with Crippen LogP contribution in [0, 0.1) is 5.92 Å². The second kappa shape index (κ2) is 6.93. The van der Waals surface area contributed by atoms with Gasteiger partial charge in [0.25, 0.3) is 0 Å². The molecule has 0 radical (unpaired) electrons. The van der Waals surface area contributed by atoms with Crippen molar-refractivity contribution in [3.05, 3.63) is 29.8 Å². The van der Waals surface area contributed by atoms with E-state index in [1.165, 1.54) is 0 Å². The molecule has 2 aromatic rings. The molecule has 0 saturated carbocycles. The summed E-state index contributed by atoms with van der Waals surface area (Å²) < 4.78 is 40.3. The summed E-state index contributed by atoms with van der Waals surface area (Å²) in [7, 11) is 0. The van der Waals surface area contributed by atoms with Gasteiger partial charge in [-0.1, -0.05) is 19.1 Å². The highest BCUT2D eigenvalue weighted by Crippen LogP contribution is 2.28. The van der Waals surface area contributed by atoms with Crippen LogP contribution in [-0.4, -0.2) is 31.5 Å². The first-order valence-electron chi connectivity index (χ1n) is 7.33. The van der Waals surface area contributed by atoms with Crippen LogP contribution in [0.5, 0.6) is 0 Å². The molecule has 0 amide bonds. The average Bonchev–Trinajstić information content (AvgIpc) is 2.92. The van der Waals surface area contributed by atoms with Crippen molar-refractivity contribution in [1.29, 1.82) is 0 Å². The molecule has 0 aliphatic rings.